The Morgan fingerprint density at radius 3 is 3.10 bits per heavy atom. The van der Waals surface area contributed by atoms with Gasteiger partial charge in [-0.3, -0.25) is 4.79 Å². The van der Waals surface area contributed by atoms with Crippen LogP contribution in [-0.4, -0.2) is 25.3 Å². The van der Waals surface area contributed by atoms with Crippen LogP contribution in [0.2, 0.25) is 0 Å². The van der Waals surface area contributed by atoms with E-state index in [4.69, 9.17) is 0 Å². The first-order chi connectivity index (χ1) is 4.83. The zero-order valence-electron chi connectivity index (χ0n) is 5.89. The van der Waals surface area contributed by atoms with Crippen LogP contribution in [0.1, 0.15) is 12.8 Å². The number of oxime groups is 1. The minimum Gasteiger partial charge on any atom is -0.399 e. The predicted octanol–water partition coefficient (Wildman–Crippen LogP) is -0.101. The SMILES string of the molecule is CON=C1CCNC(=O)C1. The highest BCUT2D eigenvalue weighted by Crippen LogP contribution is 1.98. The van der Waals surface area contributed by atoms with E-state index in [2.05, 4.69) is 15.3 Å². The Balaban J connectivity index is 2.47. The van der Waals surface area contributed by atoms with E-state index in [1.807, 2.05) is 0 Å². The minimum atomic E-state index is 0.0297. The predicted molar refractivity (Wildman–Crippen MR) is 36.7 cm³/mol. The fourth-order valence-corrected chi connectivity index (χ4v) is 0.889. The summed E-state index contributed by atoms with van der Waals surface area (Å²) in [6, 6.07) is 0. The molecule has 0 atom stereocenters. The Morgan fingerprint density at radius 1 is 1.70 bits per heavy atom. The van der Waals surface area contributed by atoms with Gasteiger partial charge in [0.25, 0.3) is 0 Å². The van der Waals surface area contributed by atoms with Crippen molar-refractivity contribution in [2.24, 2.45) is 5.16 Å². The second-order valence-electron chi connectivity index (χ2n) is 2.12. The Hall–Kier alpha value is -1.06. The lowest BCUT2D eigenvalue weighted by atomic mass is 10.1. The van der Waals surface area contributed by atoms with E-state index >= 15 is 0 Å². The smallest absolute Gasteiger partial charge is 0.225 e. The molecule has 1 aliphatic rings. The average Bonchev–Trinajstić information content (AvgIpc) is 1.88. The Bertz CT molecular complexity index is 165. The number of nitrogens with one attached hydrogen (secondary N) is 1. The van der Waals surface area contributed by atoms with Crippen LogP contribution in [0, 0.1) is 0 Å². The van der Waals surface area contributed by atoms with Crippen molar-refractivity contribution in [1.29, 1.82) is 0 Å². The van der Waals surface area contributed by atoms with Gasteiger partial charge in [0, 0.05) is 13.0 Å². The molecule has 0 unspecified atom stereocenters. The summed E-state index contributed by atoms with van der Waals surface area (Å²) in [4.78, 5) is 15.2. The van der Waals surface area contributed by atoms with Crippen LogP contribution < -0.4 is 5.32 Å². The van der Waals surface area contributed by atoms with Crippen molar-refractivity contribution in [3.63, 3.8) is 0 Å². The summed E-state index contributed by atoms with van der Waals surface area (Å²) in [5.41, 5.74) is 0.825. The average molecular weight is 142 g/mol. The molecule has 1 heterocycles. The molecule has 0 radical (unpaired) electrons. The first kappa shape index (κ1) is 7.05. The van der Waals surface area contributed by atoms with Crippen molar-refractivity contribution in [2.75, 3.05) is 13.7 Å². The van der Waals surface area contributed by atoms with Crippen LogP contribution in [0.25, 0.3) is 0 Å². The van der Waals surface area contributed by atoms with Gasteiger partial charge in [0.15, 0.2) is 0 Å². The van der Waals surface area contributed by atoms with Crippen LogP contribution in [0.4, 0.5) is 0 Å². The summed E-state index contributed by atoms with van der Waals surface area (Å²) in [6.07, 6.45) is 1.19. The molecule has 0 aliphatic carbocycles. The van der Waals surface area contributed by atoms with Crippen molar-refractivity contribution >= 4 is 11.6 Å². The lowest BCUT2D eigenvalue weighted by molar-refractivity contribution is -0.120. The van der Waals surface area contributed by atoms with Crippen molar-refractivity contribution in [3.8, 4) is 0 Å². The maximum atomic E-state index is 10.7. The van der Waals surface area contributed by atoms with Gasteiger partial charge in [-0.25, -0.2) is 0 Å². The molecular weight excluding hydrogens is 132 g/mol. The Labute approximate surface area is 59.2 Å². The number of hydrogen-bond acceptors (Lipinski definition) is 3. The molecule has 1 fully saturated rings. The molecule has 1 amide bonds. The summed E-state index contributed by atoms with van der Waals surface area (Å²) in [5.74, 6) is 0.0297. The summed E-state index contributed by atoms with van der Waals surface area (Å²) in [6.45, 7) is 0.682. The van der Waals surface area contributed by atoms with Crippen LogP contribution in [0.15, 0.2) is 5.16 Å². The van der Waals surface area contributed by atoms with Gasteiger partial charge in [0.2, 0.25) is 5.91 Å². The molecule has 4 heteroatoms. The van der Waals surface area contributed by atoms with Gasteiger partial charge in [-0.05, 0) is 0 Å². The fourth-order valence-electron chi connectivity index (χ4n) is 0.889. The topological polar surface area (TPSA) is 50.7 Å². The molecule has 56 valence electrons. The quantitative estimate of drug-likeness (QED) is 0.520. The Morgan fingerprint density at radius 2 is 2.50 bits per heavy atom. The molecule has 4 nitrogen and oxygen atoms in total. The van der Waals surface area contributed by atoms with Crippen LogP contribution in [0.5, 0.6) is 0 Å². The fraction of sp³-hybridized carbons (Fsp3) is 0.667. The molecular formula is C6H10N2O2. The minimum absolute atomic E-state index is 0.0297. The third-order valence-corrected chi connectivity index (χ3v) is 1.32. The van der Waals surface area contributed by atoms with Crippen molar-refractivity contribution in [3.05, 3.63) is 0 Å². The largest absolute Gasteiger partial charge is 0.399 e. The molecule has 0 aromatic rings. The lowest BCUT2D eigenvalue weighted by Gasteiger charge is -2.12. The number of hydrogen-bond donors (Lipinski definition) is 1. The van der Waals surface area contributed by atoms with Crippen LogP contribution in [0.3, 0.4) is 0 Å². The van der Waals surface area contributed by atoms with Crippen molar-refractivity contribution < 1.29 is 9.63 Å². The van der Waals surface area contributed by atoms with Gasteiger partial charge in [-0.2, -0.15) is 0 Å². The van der Waals surface area contributed by atoms with Gasteiger partial charge in [-0.1, -0.05) is 5.16 Å². The first-order valence-electron chi connectivity index (χ1n) is 3.18. The summed E-state index contributed by atoms with van der Waals surface area (Å²) in [5, 5.41) is 6.38. The normalized spacial score (nSPS) is 22.5. The zero-order chi connectivity index (χ0) is 7.40. The molecule has 1 N–H and O–H groups in total. The molecule has 1 aliphatic heterocycles. The maximum Gasteiger partial charge on any atom is 0.225 e. The summed E-state index contributed by atoms with van der Waals surface area (Å²) in [7, 11) is 1.49. The highest BCUT2D eigenvalue weighted by atomic mass is 16.6. The zero-order valence-corrected chi connectivity index (χ0v) is 5.89. The van der Waals surface area contributed by atoms with E-state index in [-0.39, 0.29) is 5.91 Å². The second kappa shape index (κ2) is 3.20. The summed E-state index contributed by atoms with van der Waals surface area (Å²) >= 11 is 0. The van der Waals surface area contributed by atoms with Crippen molar-refractivity contribution in [1.82, 2.24) is 5.32 Å². The second-order valence-corrected chi connectivity index (χ2v) is 2.12. The molecule has 10 heavy (non-hydrogen) atoms. The third kappa shape index (κ3) is 1.72. The third-order valence-electron chi connectivity index (χ3n) is 1.32. The van der Waals surface area contributed by atoms with Gasteiger partial charge >= 0.3 is 0 Å². The van der Waals surface area contributed by atoms with E-state index in [9.17, 15) is 4.79 Å². The van der Waals surface area contributed by atoms with E-state index in [0.717, 1.165) is 12.1 Å². The molecule has 0 saturated carbocycles. The van der Waals surface area contributed by atoms with Crippen molar-refractivity contribution in [2.45, 2.75) is 12.8 Å². The molecule has 0 bridgehead atoms. The number of amides is 1. The van der Waals surface area contributed by atoms with Gasteiger partial charge in [0.1, 0.15) is 7.11 Å². The number of nitrogens with zero attached hydrogens (tertiary/aromatic N) is 1. The molecule has 0 aromatic heterocycles. The standard InChI is InChI=1S/C6H10N2O2/c1-10-8-5-2-3-7-6(9)4-5/h2-4H2,1H3,(H,7,9). The molecule has 0 aromatic carbocycles. The van der Waals surface area contributed by atoms with Crippen LogP contribution in [-0.2, 0) is 9.63 Å². The highest BCUT2D eigenvalue weighted by molar-refractivity contribution is 6.02. The number of piperidine rings is 1. The van der Waals surface area contributed by atoms with E-state index in [1.165, 1.54) is 7.11 Å². The van der Waals surface area contributed by atoms with Gasteiger partial charge in [0.05, 0.1) is 12.1 Å². The van der Waals surface area contributed by atoms with Gasteiger partial charge in [-0.15, -0.1) is 0 Å². The monoisotopic (exact) mass is 142 g/mol. The first-order valence-corrected chi connectivity index (χ1v) is 3.18. The molecule has 1 rings (SSSR count). The van der Waals surface area contributed by atoms with Crippen LogP contribution >= 0.6 is 0 Å². The molecule has 0 spiro atoms. The Kier molecular flexibility index (Phi) is 2.25. The maximum absolute atomic E-state index is 10.7. The molecule has 1 saturated heterocycles. The lowest BCUT2D eigenvalue weighted by Crippen LogP contribution is -2.33. The number of carbonyl (C=O) groups excluding carboxylic acids is 1. The highest BCUT2D eigenvalue weighted by Gasteiger charge is 2.13. The van der Waals surface area contributed by atoms with E-state index in [0.29, 0.717) is 13.0 Å². The number of rotatable bonds is 1. The van der Waals surface area contributed by atoms with Gasteiger partial charge < -0.3 is 10.2 Å². The van der Waals surface area contributed by atoms with E-state index in [1.54, 1.807) is 0 Å². The van der Waals surface area contributed by atoms with E-state index < -0.39 is 0 Å². The summed E-state index contributed by atoms with van der Waals surface area (Å²) < 4.78 is 0. The number of carbonyl (C=O) groups is 1.